The number of piperidine rings is 1. The smallest absolute Gasteiger partial charge is 0.255 e. The van der Waals surface area contributed by atoms with Crippen molar-refractivity contribution in [1.82, 2.24) is 9.80 Å². The van der Waals surface area contributed by atoms with Crippen molar-refractivity contribution in [2.24, 2.45) is 5.92 Å². The maximum Gasteiger partial charge on any atom is 0.255 e. The van der Waals surface area contributed by atoms with Gasteiger partial charge in [-0.2, -0.15) is 0 Å². The number of halogens is 2. The molecule has 0 spiro atoms. The van der Waals surface area contributed by atoms with Crippen molar-refractivity contribution in [2.45, 2.75) is 12.8 Å². The standard InChI is InChI=1S/C15H18ClFN2O2/c1-18(2)14(20)10-5-7-19(8-6-10)15(21)12-4-3-11(17)9-13(12)16/h3-4,9-10H,5-8H2,1-2H3. The normalized spacial score (nSPS) is 15.9. The van der Waals surface area contributed by atoms with Crippen molar-refractivity contribution in [1.29, 1.82) is 0 Å². The maximum absolute atomic E-state index is 13.0. The van der Waals surface area contributed by atoms with Crippen LogP contribution in [-0.2, 0) is 4.79 Å². The minimum absolute atomic E-state index is 0.0345. The molecule has 0 radical (unpaired) electrons. The lowest BCUT2D eigenvalue weighted by atomic mass is 9.95. The van der Waals surface area contributed by atoms with Crippen molar-refractivity contribution in [2.75, 3.05) is 27.2 Å². The van der Waals surface area contributed by atoms with Gasteiger partial charge < -0.3 is 9.80 Å². The third-order valence-electron chi connectivity index (χ3n) is 3.73. The Morgan fingerprint density at radius 1 is 1.29 bits per heavy atom. The summed E-state index contributed by atoms with van der Waals surface area (Å²) in [6.45, 7) is 1.02. The summed E-state index contributed by atoms with van der Waals surface area (Å²) in [6, 6.07) is 3.76. The van der Waals surface area contributed by atoms with Crippen LogP contribution in [0.25, 0.3) is 0 Å². The van der Waals surface area contributed by atoms with Crippen LogP contribution in [0, 0.1) is 11.7 Å². The second-order valence-electron chi connectivity index (χ2n) is 5.42. The summed E-state index contributed by atoms with van der Waals surface area (Å²) in [4.78, 5) is 27.5. The first-order valence-corrected chi connectivity index (χ1v) is 7.23. The Bertz CT molecular complexity index is 555. The third-order valence-corrected chi connectivity index (χ3v) is 4.05. The second kappa shape index (κ2) is 6.43. The maximum atomic E-state index is 13.0. The van der Waals surface area contributed by atoms with Crippen molar-refractivity contribution < 1.29 is 14.0 Å². The Labute approximate surface area is 128 Å². The molecule has 2 amide bonds. The largest absolute Gasteiger partial charge is 0.349 e. The van der Waals surface area contributed by atoms with Crippen LogP contribution in [0.15, 0.2) is 18.2 Å². The van der Waals surface area contributed by atoms with E-state index >= 15 is 0 Å². The predicted molar refractivity (Wildman–Crippen MR) is 78.7 cm³/mol. The SMILES string of the molecule is CN(C)C(=O)C1CCN(C(=O)c2ccc(F)cc2Cl)CC1. The average molecular weight is 313 g/mol. The van der Waals surface area contributed by atoms with E-state index in [4.69, 9.17) is 11.6 Å². The zero-order valence-electron chi connectivity index (χ0n) is 12.1. The molecule has 4 nitrogen and oxygen atoms in total. The summed E-state index contributed by atoms with van der Waals surface area (Å²) in [6.07, 6.45) is 1.28. The molecular weight excluding hydrogens is 295 g/mol. The molecule has 21 heavy (non-hydrogen) atoms. The van der Waals surface area contributed by atoms with Crippen LogP contribution < -0.4 is 0 Å². The molecule has 0 unspecified atom stereocenters. The van der Waals surface area contributed by atoms with Crippen LogP contribution in [0.5, 0.6) is 0 Å². The van der Waals surface area contributed by atoms with E-state index in [9.17, 15) is 14.0 Å². The van der Waals surface area contributed by atoms with Gasteiger partial charge in [0.1, 0.15) is 5.82 Å². The first-order valence-electron chi connectivity index (χ1n) is 6.85. The number of nitrogens with zero attached hydrogens (tertiary/aromatic N) is 2. The van der Waals surface area contributed by atoms with E-state index in [0.29, 0.717) is 31.5 Å². The van der Waals surface area contributed by atoms with E-state index in [0.717, 1.165) is 6.07 Å². The minimum Gasteiger partial charge on any atom is -0.349 e. The van der Waals surface area contributed by atoms with Gasteiger partial charge in [-0.1, -0.05) is 11.6 Å². The predicted octanol–water partition coefficient (Wildman–Crippen LogP) is 2.42. The fraction of sp³-hybridized carbons (Fsp3) is 0.467. The van der Waals surface area contributed by atoms with Gasteiger partial charge in [0.25, 0.3) is 5.91 Å². The molecule has 1 aliphatic rings. The number of likely N-dealkylation sites (tertiary alicyclic amines) is 1. The van der Waals surface area contributed by atoms with Gasteiger partial charge in [-0.05, 0) is 31.0 Å². The Balaban J connectivity index is 2.02. The number of hydrogen-bond acceptors (Lipinski definition) is 2. The summed E-state index contributed by atoms with van der Waals surface area (Å²) >= 11 is 5.92. The van der Waals surface area contributed by atoms with E-state index in [1.54, 1.807) is 23.9 Å². The molecule has 0 aromatic heterocycles. The van der Waals surface area contributed by atoms with Gasteiger partial charge in [-0.25, -0.2) is 4.39 Å². The number of carbonyl (C=O) groups excluding carboxylic acids is 2. The zero-order chi connectivity index (χ0) is 15.6. The van der Waals surface area contributed by atoms with Crippen LogP contribution >= 0.6 is 11.6 Å². The highest BCUT2D eigenvalue weighted by Crippen LogP contribution is 2.23. The Morgan fingerprint density at radius 3 is 2.43 bits per heavy atom. The fourth-order valence-corrected chi connectivity index (χ4v) is 2.78. The molecule has 1 fully saturated rings. The van der Waals surface area contributed by atoms with Crippen molar-refractivity contribution in [3.05, 3.63) is 34.6 Å². The lowest BCUT2D eigenvalue weighted by Crippen LogP contribution is -2.42. The molecule has 6 heteroatoms. The molecule has 1 aromatic rings. The van der Waals surface area contributed by atoms with Crippen LogP contribution in [0.4, 0.5) is 4.39 Å². The summed E-state index contributed by atoms with van der Waals surface area (Å²) in [5, 5.41) is 0.117. The Kier molecular flexibility index (Phi) is 4.83. The minimum atomic E-state index is -0.466. The zero-order valence-corrected chi connectivity index (χ0v) is 12.9. The second-order valence-corrected chi connectivity index (χ2v) is 5.83. The molecule has 0 N–H and O–H groups in total. The Hall–Kier alpha value is -1.62. The lowest BCUT2D eigenvalue weighted by molar-refractivity contribution is -0.134. The quantitative estimate of drug-likeness (QED) is 0.841. The number of carbonyl (C=O) groups is 2. The molecule has 2 rings (SSSR count). The van der Waals surface area contributed by atoms with E-state index in [1.807, 2.05) is 0 Å². The van der Waals surface area contributed by atoms with E-state index in [-0.39, 0.29) is 22.8 Å². The summed E-state index contributed by atoms with van der Waals surface area (Å²) in [5.74, 6) is -0.614. The van der Waals surface area contributed by atoms with Gasteiger partial charge in [0.2, 0.25) is 5.91 Å². The molecule has 0 saturated carbocycles. The highest BCUT2D eigenvalue weighted by Gasteiger charge is 2.29. The first kappa shape index (κ1) is 15.8. The first-order chi connectivity index (χ1) is 9.90. The Morgan fingerprint density at radius 2 is 1.90 bits per heavy atom. The van der Waals surface area contributed by atoms with Gasteiger partial charge in [0.15, 0.2) is 0 Å². The summed E-state index contributed by atoms with van der Waals surface area (Å²) in [5.41, 5.74) is 0.301. The van der Waals surface area contributed by atoms with Gasteiger partial charge in [0.05, 0.1) is 10.6 Å². The highest BCUT2D eigenvalue weighted by molar-refractivity contribution is 6.33. The van der Waals surface area contributed by atoms with Gasteiger partial charge in [-0.15, -0.1) is 0 Å². The molecule has 1 aromatic carbocycles. The number of hydrogen-bond donors (Lipinski definition) is 0. The monoisotopic (exact) mass is 312 g/mol. The van der Waals surface area contributed by atoms with Crippen molar-refractivity contribution in [3.63, 3.8) is 0 Å². The average Bonchev–Trinajstić information content (AvgIpc) is 2.46. The van der Waals surface area contributed by atoms with Gasteiger partial charge in [-0.3, -0.25) is 9.59 Å². The topological polar surface area (TPSA) is 40.6 Å². The van der Waals surface area contributed by atoms with Crippen LogP contribution in [0.1, 0.15) is 23.2 Å². The highest BCUT2D eigenvalue weighted by atomic mass is 35.5. The van der Waals surface area contributed by atoms with Crippen molar-refractivity contribution >= 4 is 23.4 Å². The van der Waals surface area contributed by atoms with E-state index < -0.39 is 5.82 Å². The molecule has 0 bridgehead atoms. The summed E-state index contributed by atoms with van der Waals surface area (Å²) in [7, 11) is 3.47. The molecular formula is C15H18ClFN2O2. The van der Waals surface area contributed by atoms with E-state index in [1.165, 1.54) is 12.1 Å². The molecule has 0 aliphatic carbocycles. The number of benzene rings is 1. The van der Waals surface area contributed by atoms with Gasteiger partial charge in [0, 0.05) is 33.1 Å². The van der Waals surface area contributed by atoms with Crippen LogP contribution in [0.2, 0.25) is 5.02 Å². The van der Waals surface area contributed by atoms with Crippen LogP contribution in [0.3, 0.4) is 0 Å². The fourth-order valence-electron chi connectivity index (χ4n) is 2.53. The molecule has 1 heterocycles. The number of amides is 2. The number of rotatable bonds is 2. The molecule has 114 valence electrons. The summed E-state index contributed by atoms with van der Waals surface area (Å²) < 4.78 is 13.0. The van der Waals surface area contributed by atoms with Gasteiger partial charge >= 0.3 is 0 Å². The molecule has 1 saturated heterocycles. The molecule has 0 atom stereocenters. The van der Waals surface area contributed by atoms with Crippen molar-refractivity contribution in [3.8, 4) is 0 Å². The third kappa shape index (κ3) is 3.53. The lowest BCUT2D eigenvalue weighted by Gasteiger charge is -2.32. The molecule has 1 aliphatic heterocycles. The van der Waals surface area contributed by atoms with Crippen LogP contribution in [-0.4, -0.2) is 48.8 Å². The van der Waals surface area contributed by atoms with E-state index in [2.05, 4.69) is 0 Å².